The molecule has 0 aromatic heterocycles. The number of benzene rings is 1. The fraction of sp³-hybridized carbons (Fsp3) is 0.526. The monoisotopic (exact) mass is 361 g/mol. The summed E-state index contributed by atoms with van der Waals surface area (Å²) in [6.07, 6.45) is 0.848. The second-order valence-electron chi connectivity index (χ2n) is 7.87. The SMILES string of the molecule is CC(C)(C)OC(=O)N1CCC2(CC1)CC(=O)c1ccc(C(=O)O)cc1O2. The van der Waals surface area contributed by atoms with Crippen LogP contribution in [0.25, 0.3) is 0 Å². The maximum Gasteiger partial charge on any atom is 0.410 e. The molecule has 0 atom stereocenters. The summed E-state index contributed by atoms with van der Waals surface area (Å²) < 4.78 is 11.5. The van der Waals surface area contributed by atoms with Crippen LogP contribution in [0, 0.1) is 0 Å². The Balaban J connectivity index is 1.73. The number of carbonyl (C=O) groups is 3. The number of fused-ring (bicyclic) bond motifs is 1. The maximum absolute atomic E-state index is 12.5. The second kappa shape index (κ2) is 6.30. The van der Waals surface area contributed by atoms with Gasteiger partial charge in [-0.15, -0.1) is 0 Å². The average Bonchev–Trinajstić information content (AvgIpc) is 2.53. The van der Waals surface area contributed by atoms with E-state index in [0.29, 0.717) is 37.2 Å². The minimum atomic E-state index is -1.07. The Bertz CT molecular complexity index is 756. The molecule has 0 saturated carbocycles. The molecule has 1 fully saturated rings. The number of hydrogen-bond acceptors (Lipinski definition) is 5. The Morgan fingerprint density at radius 1 is 1.23 bits per heavy atom. The van der Waals surface area contributed by atoms with Gasteiger partial charge in [-0.05, 0) is 39.0 Å². The number of amides is 1. The second-order valence-corrected chi connectivity index (χ2v) is 7.87. The van der Waals surface area contributed by atoms with E-state index in [1.807, 2.05) is 20.8 Å². The molecular formula is C19H23NO6. The summed E-state index contributed by atoms with van der Waals surface area (Å²) in [6, 6.07) is 4.31. The molecule has 1 amide bonds. The van der Waals surface area contributed by atoms with Crippen molar-refractivity contribution < 1.29 is 29.0 Å². The van der Waals surface area contributed by atoms with E-state index in [4.69, 9.17) is 14.6 Å². The molecular weight excluding hydrogens is 338 g/mol. The Hall–Kier alpha value is -2.57. The lowest BCUT2D eigenvalue weighted by molar-refractivity contribution is -0.0227. The first-order chi connectivity index (χ1) is 12.1. The number of carboxylic acids is 1. The Kier molecular flexibility index (Phi) is 4.42. The van der Waals surface area contributed by atoms with Crippen molar-refractivity contribution in [3.05, 3.63) is 29.3 Å². The molecule has 1 aromatic rings. The Labute approximate surface area is 151 Å². The van der Waals surface area contributed by atoms with Crippen molar-refractivity contribution in [3.63, 3.8) is 0 Å². The lowest BCUT2D eigenvalue weighted by Gasteiger charge is -2.44. The fourth-order valence-electron chi connectivity index (χ4n) is 3.33. The van der Waals surface area contributed by atoms with Crippen molar-refractivity contribution in [1.29, 1.82) is 0 Å². The van der Waals surface area contributed by atoms with Gasteiger partial charge in [-0.2, -0.15) is 0 Å². The summed E-state index contributed by atoms with van der Waals surface area (Å²) in [7, 11) is 0. The number of rotatable bonds is 1. The van der Waals surface area contributed by atoms with Crippen LogP contribution in [0.1, 0.15) is 60.7 Å². The topological polar surface area (TPSA) is 93.1 Å². The number of carbonyl (C=O) groups excluding carboxylic acids is 2. The minimum Gasteiger partial charge on any atom is -0.486 e. The molecule has 3 rings (SSSR count). The highest BCUT2D eigenvalue weighted by Gasteiger charge is 2.44. The van der Waals surface area contributed by atoms with Crippen LogP contribution in [0.2, 0.25) is 0 Å². The number of ketones is 1. The van der Waals surface area contributed by atoms with Crippen molar-refractivity contribution in [2.45, 2.75) is 51.2 Å². The average molecular weight is 361 g/mol. The van der Waals surface area contributed by atoms with E-state index in [1.165, 1.54) is 18.2 Å². The first-order valence-corrected chi connectivity index (χ1v) is 8.66. The van der Waals surface area contributed by atoms with Gasteiger partial charge in [0.1, 0.15) is 17.0 Å². The third-order valence-electron chi connectivity index (χ3n) is 4.66. The number of aromatic carboxylic acids is 1. The predicted molar refractivity (Wildman–Crippen MR) is 92.7 cm³/mol. The highest BCUT2D eigenvalue weighted by Crippen LogP contribution is 2.40. The zero-order chi connectivity index (χ0) is 19.1. The van der Waals surface area contributed by atoms with Gasteiger partial charge in [0.2, 0.25) is 0 Å². The van der Waals surface area contributed by atoms with E-state index < -0.39 is 17.2 Å². The number of piperidine rings is 1. The number of nitrogens with zero attached hydrogens (tertiary/aromatic N) is 1. The van der Waals surface area contributed by atoms with Gasteiger partial charge in [-0.3, -0.25) is 4.79 Å². The Morgan fingerprint density at radius 2 is 1.88 bits per heavy atom. The number of hydrogen-bond donors (Lipinski definition) is 1. The molecule has 0 radical (unpaired) electrons. The highest BCUT2D eigenvalue weighted by atomic mass is 16.6. The third kappa shape index (κ3) is 3.66. The van der Waals surface area contributed by atoms with Crippen molar-refractivity contribution >= 4 is 17.8 Å². The summed E-state index contributed by atoms with van der Waals surface area (Å²) in [6.45, 7) is 6.30. The molecule has 2 heterocycles. The van der Waals surface area contributed by atoms with Gasteiger partial charge in [-0.1, -0.05) is 0 Å². The van der Waals surface area contributed by atoms with Crippen LogP contribution >= 0.6 is 0 Å². The molecule has 7 heteroatoms. The van der Waals surface area contributed by atoms with E-state index in [1.54, 1.807) is 4.90 Å². The van der Waals surface area contributed by atoms with Gasteiger partial charge < -0.3 is 19.5 Å². The lowest BCUT2D eigenvalue weighted by atomic mass is 9.82. The van der Waals surface area contributed by atoms with Crippen molar-refractivity contribution in [1.82, 2.24) is 4.90 Å². The molecule has 1 N–H and O–H groups in total. The molecule has 0 aliphatic carbocycles. The molecule has 1 saturated heterocycles. The van der Waals surface area contributed by atoms with Crippen molar-refractivity contribution in [3.8, 4) is 5.75 Å². The van der Waals surface area contributed by atoms with Crippen LogP contribution in [0.15, 0.2) is 18.2 Å². The minimum absolute atomic E-state index is 0.0612. The Morgan fingerprint density at radius 3 is 2.46 bits per heavy atom. The summed E-state index contributed by atoms with van der Waals surface area (Å²) >= 11 is 0. The molecule has 140 valence electrons. The number of ether oxygens (including phenoxy) is 2. The molecule has 2 aliphatic rings. The smallest absolute Gasteiger partial charge is 0.410 e. The van der Waals surface area contributed by atoms with Gasteiger partial charge in [0.15, 0.2) is 5.78 Å². The highest BCUT2D eigenvalue weighted by molar-refractivity contribution is 6.01. The van der Waals surface area contributed by atoms with Gasteiger partial charge in [-0.25, -0.2) is 9.59 Å². The molecule has 26 heavy (non-hydrogen) atoms. The predicted octanol–water partition coefficient (Wildman–Crippen LogP) is 3.12. The summed E-state index contributed by atoms with van der Waals surface area (Å²) in [5.41, 5.74) is -0.759. The van der Waals surface area contributed by atoms with Crippen LogP contribution < -0.4 is 4.74 Å². The van der Waals surface area contributed by atoms with Crippen LogP contribution in [0.4, 0.5) is 4.79 Å². The summed E-state index contributed by atoms with van der Waals surface area (Å²) in [4.78, 5) is 37.5. The van der Waals surface area contributed by atoms with E-state index in [2.05, 4.69) is 0 Å². The maximum atomic E-state index is 12.5. The first kappa shape index (κ1) is 18.2. The molecule has 7 nitrogen and oxygen atoms in total. The van der Waals surface area contributed by atoms with E-state index in [0.717, 1.165) is 0 Å². The number of carboxylic acid groups (broad SMARTS) is 1. The van der Waals surface area contributed by atoms with Gasteiger partial charge >= 0.3 is 12.1 Å². The fourth-order valence-corrected chi connectivity index (χ4v) is 3.33. The molecule has 1 spiro atoms. The van der Waals surface area contributed by atoms with E-state index in [9.17, 15) is 14.4 Å². The zero-order valence-corrected chi connectivity index (χ0v) is 15.2. The van der Waals surface area contributed by atoms with Gasteiger partial charge in [0, 0.05) is 25.9 Å². The largest absolute Gasteiger partial charge is 0.486 e. The van der Waals surface area contributed by atoms with Gasteiger partial charge in [0.25, 0.3) is 0 Å². The van der Waals surface area contributed by atoms with Crippen LogP contribution in [0.3, 0.4) is 0 Å². The first-order valence-electron chi connectivity index (χ1n) is 8.66. The molecule has 2 aliphatic heterocycles. The zero-order valence-electron chi connectivity index (χ0n) is 15.2. The van der Waals surface area contributed by atoms with Crippen LogP contribution in [-0.4, -0.2) is 52.1 Å². The molecule has 0 unspecified atom stereocenters. The molecule has 1 aromatic carbocycles. The van der Waals surface area contributed by atoms with Crippen LogP contribution in [0.5, 0.6) is 5.75 Å². The van der Waals surface area contributed by atoms with E-state index >= 15 is 0 Å². The quantitative estimate of drug-likeness (QED) is 0.826. The summed E-state index contributed by atoms with van der Waals surface area (Å²) in [5, 5.41) is 9.14. The standard InChI is InChI=1S/C19H23NO6/c1-18(2,3)26-17(24)20-8-6-19(7-9-20)11-14(21)13-5-4-12(16(22)23)10-15(13)25-19/h4-5,10H,6-9,11H2,1-3H3,(H,22,23). The number of likely N-dealkylation sites (tertiary alicyclic amines) is 1. The van der Waals surface area contributed by atoms with Crippen molar-refractivity contribution in [2.24, 2.45) is 0 Å². The molecule has 0 bridgehead atoms. The van der Waals surface area contributed by atoms with E-state index in [-0.39, 0.29) is 23.9 Å². The van der Waals surface area contributed by atoms with Crippen LogP contribution in [-0.2, 0) is 4.74 Å². The van der Waals surface area contributed by atoms with Crippen molar-refractivity contribution in [2.75, 3.05) is 13.1 Å². The third-order valence-corrected chi connectivity index (χ3v) is 4.66. The van der Waals surface area contributed by atoms with Gasteiger partial charge in [0.05, 0.1) is 17.5 Å². The normalized spacial score (nSPS) is 18.9. The summed E-state index contributed by atoms with van der Waals surface area (Å²) in [5.74, 6) is -0.816. The lowest BCUT2D eigenvalue weighted by Crippen LogP contribution is -2.53. The number of Topliss-reactive ketones (excluding diaryl/α,β-unsaturated/α-hetero) is 1.